The molecule has 0 amide bonds. The molecule has 0 saturated carbocycles. The molecule has 1 aromatic rings. The van der Waals surface area contributed by atoms with Crippen LogP contribution in [0, 0.1) is 5.92 Å². The van der Waals surface area contributed by atoms with Crippen LogP contribution in [0.3, 0.4) is 0 Å². The third kappa shape index (κ3) is 3.11. The van der Waals surface area contributed by atoms with Gasteiger partial charge in [-0.2, -0.15) is 0 Å². The maximum atomic E-state index is 3.68. The van der Waals surface area contributed by atoms with E-state index in [-0.39, 0.29) is 0 Å². The summed E-state index contributed by atoms with van der Waals surface area (Å²) in [6.45, 7) is 5.72. The summed E-state index contributed by atoms with van der Waals surface area (Å²) in [5.74, 6) is 0.751. The van der Waals surface area contributed by atoms with Crippen LogP contribution >= 0.6 is 27.3 Å². The first kappa shape index (κ1) is 13.5. The molecule has 2 unspecified atom stereocenters. The van der Waals surface area contributed by atoms with Gasteiger partial charge in [-0.15, -0.1) is 11.3 Å². The third-order valence-electron chi connectivity index (χ3n) is 3.52. The Balaban J connectivity index is 2.04. The summed E-state index contributed by atoms with van der Waals surface area (Å²) in [6, 6.07) is 2.76. The molecule has 1 fully saturated rings. The minimum absolute atomic E-state index is 0.591. The van der Waals surface area contributed by atoms with Gasteiger partial charge in [0.25, 0.3) is 0 Å². The summed E-state index contributed by atoms with van der Waals surface area (Å²) in [5, 5.41) is 5.75. The van der Waals surface area contributed by atoms with E-state index in [1.807, 2.05) is 11.3 Å². The monoisotopic (exact) mass is 316 g/mol. The number of likely N-dealkylation sites (tertiary alicyclic amines) is 1. The predicted molar refractivity (Wildman–Crippen MR) is 78.7 cm³/mol. The van der Waals surface area contributed by atoms with Crippen LogP contribution in [-0.2, 0) is 0 Å². The van der Waals surface area contributed by atoms with Crippen molar-refractivity contribution in [3.63, 3.8) is 0 Å². The lowest BCUT2D eigenvalue weighted by Gasteiger charge is -2.25. The highest BCUT2D eigenvalue weighted by molar-refractivity contribution is 9.10. The number of thiophene rings is 1. The van der Waals surface area contributed by atoms with Crippen molar-refractivity contribution in [1.29, 1.82) is 0 Å². The molecule has 1 N–H and O–H groups in total. The zero-order valence-electron chi connectivity index (χ0n) is 10.6. The van der Waals surface area contributed by atoms with Crippen molar-refractivity contribution in [2.24, 2.45) is 5.92 Å². The second-order valence-electron chi connectivity index (χ2n) is 4.81. The Morgan fingerprint density at radius 2 is 2.41 bits per heavy atom. The van der Waals surface area contributed by atoms with Gasteiger partial charge in [-0.1, -0.05) is 6.92 Å². The fourth-order valence-electron chi connectivity index (χ4n) is 2.63. The highest BCUT2D eigenvalue weighted by Gasteiger charge is 2.34. The molecule has 17 heavy (non-hydrogen) atoms. The summed E-state index contributed by atoms with van der Waals surface area (Å²) in [4.78, 5) is 3.99. The number of halogens is 1. The molecular weight excluding hydrogens is 296 g/mol. The molecule has 0 spiro atoms. The minimum Gasteiger partial charge on any atom is -0.316 e. The minimum atomic E-state index is 0.591. The van der Waals surface area contributed by atoms with Crippen LogP contribution in [0.2, 0.25) is 0 Å². The zero-order valence-corrected chi connectivity index (χ0v) is 13.0. The lowest BCUT2D eigenvalue weighted by atomic mass is 9.99. The highest BCUT2D eigenvalue weighted by Crippen LogP contribution is 2.41. The summed E-state index contributed by atoms with van der Waals surface area (Å²) in [5.41, 5.74) is 0. The van der Waals surface area contributed by atoms with Crippen LogP contribution in [0.4, 0.5) is 0 Å². The summed E-state index contributed by atoms with van der Waals surface area (Å²) in [6.07, 6.45) is 2.53. The van der Waals surface area contributed by atoms with Crippen molar-refractivity contribution in [1.82, 2.24) is 10.2 Å². The normalized spacial score (nSPS) is 25.6. The quantitative estimate of drug-likeness (QED) is 0.836. The van der Waals surface area contributed by atoms with Crippen LogP contribution in [0.25, 0.3) is 0 Å². The van der Waals surface area contributed by atoms with E-state index in [0.717, 1.165) is 19.0 Å². The van der Waals surface area contributed by atoms with Crippen molar-refractivity contribution in [3.05, 3.63) is 20.8 Å². The summed E-state index contributed by atoms with van der Waals surface area (Å²) < 4.78 is 1.28. The van der Waals surface area contributed by atoms with Crippen molar-refractivity contribution in [3.8, 4) is 0 Å². The zero-order chi connectivity index (χ0) is 12.3. The second kappa shape index (κ2) is 6.32. The molecule has 4 heteroatoms. The van der Waals surface area contributed by atoms with Gasteiger partial charge in [0.2, 0.25) is 0 Å². The van der Waals surface area contributed by atoms with Crippen LogP contribution in [-0.4, -0.2) is 31.6 Å². The second-order valence-corrected chi connectivity index (χ2v) is 6.61. The van der Waals surface area contributed by atoms with Crippen LogP contribution in [0.1, 0.15) is 30.7 Å². The maximum absolute atomic E-state index is 3.68. The molecule has 0 bridgehead atoms. The highest BCUT2D eigenvalue weighted by atomic mass is 79.9. The first-order valence-corrected chi connectivity index (χ1v) is 8.05. The van der Waals surface area contributed by atoms with Gasteiger partial charge in [-0.25, -0.2) is 0 Å². The maximum Gasteiger partial charge on any atom is 0.0490 e. The van der Waals surface area contributed by atoms with Crippen molar-refractivity contribution < 1.29 is 0 Å². The fourth-order valence-corrected chi connectivity index (χ4v) is 4.50. The van der Waals surface area contributed by atoms with Crippen molar-refractivity contribution in [2.45, 2.75) is 25.8 Å². The first-order valence-electron chi connectivity index (χ1n) is 6.38. The Bertz CT molecular complexity index is 353. The smallest absolute Gasteiger partial charge is 0.0490 e. The molecule has 2 atom stereocenters. The van der Waals surface area contributed by atoms with Gasteiger partial charge in [-0.05, 0) is 72.8 Å². The Morgan fingerprint density at radius 1 is 1.59 bits per heavy atom. The molecule has 0 aromatic carbocycles. The molecule has 96 valence electrons. The topological polar surface area (TPSA) is 15.3 Å². The molecule has 0 radical (unpaired) electrons. The van der Waals surface area contributed by atoms with Gasteiger partial charge in [0.1, 0.15) is 0 Å². The standard InChI is InChI=1S/C13H21BrN2S/c1-3-6-15-9-10-4-7-16(2)12(10)13-11(14)5-8-17-13/h5,8,10,12,15H,3-4,6-7,9H2,1-2H3. The van der Waals surface area contributed by atoms with E-state index < -0.39 is 0 Å². The molecule has 0 aliphatic carbocycles. The van der Waals surface area contributed by atoms with Gasteiger partial charge in [0, 0.05) is 15.4 Å². The number of rotatable bonds is 5. The molecule has 1 aliphatic rings. The van der Waals surface area contributed by atoms with Gasteiger partial charge in [0.15, 0.2) is 0 Å². The number of nitrogens with zero attached hydrogens (tertiary/aromatic N) is 1. The van der Waals surface area contributed by atoms with Gasteiger partial charge in [0.05, 0.1) is 0 Å². The number of hydrogen-bond donors (Lipinski definition) is 1. The molecule has 1 aliphatic heterocycles. The van der Waals surface area contributed by atoms with Crippen LogP contribution < -0.4 is 5.32 Å². The van der Waals surface area contributed by atoms with E-state index in [4.69, 9.17) is 0 Å². The van der Waals surface area contributed by atoms with E-state index in [1.54, 1.807) is 0 Å². The predicted octanol–water partition coefficient (Wildman–Crippen LogP) is 3.50. The molecule has 2 nitrogen and oxygen atoms in total. The van der Waals surface area contributed by atoms with E-state index in [9.17, 15) is 0 Å². The molecule has 1 saturated heterocycles. The van der Waals surface area contributed by atoms with Crippen molar-refractivity contribution in [2.75, 3.05) is 26.7 Å². The average Bonchev–Trinajstić information content (AvgIpc) is 2.86. The Labute approximate surface area is 117 Å². The molecule has 2 rings (SSSR count). The van der Waals surface area contributed by atoms with Gasteiger partial charge >= 0.3 is 0 Å². The van der Waals surface area contributed by atoms with Crippen LogP contribution in [0.15, 0.2) is 15.9 Å². The lowest BCUT2D eigenvalue weighted by molar-refractivity contribution is 0.275. The van der Waals surface area contributed by atoms with Gasteiger partial charge in [-0.3, -0.25) is 4.90 Å². The molecule has 1 aromatic heterocycles. The van der Waals surface area contributed by atoms with E-state index >= 15 is 0 Å². The SMILES string of the molecule is CCCNCC1CCN(C)C1c1sccc1Br. The first-order chi connectivity index (χ1) is 8.24. The van der Waals surface area contributed by atoms with Gasteiger partial charge < -0.3 is 5.32 Å². The molecular formula is C13H21BrN2S. The molecule has 2 heterocycles. The Morgan fingerprint density at radius 3 is 3.06 bits per heavy atom. The Kier molecular flexibility index (Phi) is 5.03. The van der Waals surface area contributed by atoms with Crippen LogP contribution in [0.5, 0.6) is 0 Å². The summed E-state index contributed by atoms with van der Waals surface area (Å²) in [7, 11) is 2.25. The number of hydrogen-bond acceptors (Lipinski definition) is 3. The Hall–Kier alpha value is 0.100. The van der Waals surface area contributed by atoms with E-state index in [2.05, 4.69) is 51.6 Å². The lowest BCUT2D eigenvalue weighted by Crippen LogP contribution is -2.28. The third-order valence-corrected chi connectivity index (χ3v) is 5.46. The fraction of sp³-hybridized carbons (Fsp3) is 0.692. The van der Waals surface area contributed by atoms with E-state index in [0.29, 0.717) is 6.04 Å². The largest absolute Gasteiger partial charge is 0.316 e. The van der Waals surface area contributed by atoms with E-state index in [1.165, 1.54) is 28.7 Å². The summed E-state index contributed by atoms with van der Waals surface area (Å²) >= 11 is 5.55. The average molecular weight is 317 g/mol. The van der Waals surface area contributed by atoms with Crippen molar-refractivity contribution >= 4 is 27.3 Å². The number of nitrogens with one attached hydrogen (secondary N) is 1.